The third-order valence-electron chi connectivity index (χ3n) is 1.51. The second-order valence-electron chi connectivity index (χ2n) is 3.07. The first-order chi connectivity index (χ1) is 8.79. The smallest absolute Gasteiger partial charge is 0.339 e. The van der Waals surface area contributed by atoms with Crippen molar-refractivity contribution in [3.05, 3.63) is 60.7 Å². The summed E-state index contributed by atoms with van der Waals surface area (Å²) >= 11 is 13.8. The highest BCUT2D eigenvalue weighted by atomic mass is 36.0. The van der Waals surface area contributed by atoms with Crippen LogP contribution in [0.15, 0.2) is 60.7 Å². The van der Waals surface area contributed by atoms with Gasteiger partial charge in [-0.3, -0.25) is 4.57 Å². The number of hydrogen-bond donors (Lipinski definition) is 2. The molecule has 7 heteroatoms. The number of halogens is 3. The van der Waals surface area contributed by atoms with Crippen molar-refractivity contribution in [3.63, 3.8) is 0 Å². The maximum atomic E-state index is 9.51. The predicted octanol–water partition coefficient (Wildman–Crippen LogP) is 5.60. The number of rotatable bonds is 0. The van der Waals surface area contributed by atoms with Crippen LogP contribution >= 0.6 is 38.9 Å². The predicted molar refractivity (Wildman–Crippen MR) is 81.4 cm³/mol. The molecule has 0 bridgehead atoms. The van der Waals surface area contributed by atoms with Gasteiger partial charge in [0.2, 0.25) is 0 Å². The zero-order chi connectivity index (χ0) is 14.7. The average Bonchev–Trinajstić information content (AvgIpc) is 2.29. The molecule has 0 amide bonds. The van der Waals surface area contributed by atoms with Gasteiger partial charge in [-0.15, -0.1) is 0 Å². The Bertz CT molecular complexity index is 442. The Morgan fingerprint density at radius 3 is 1.00 bits per heavy atom. The van der Waals surface area contributed by atoms with Crippen molar-refractivity contribution in [2.45, 2.75) is 0 Å². The number of para-hydroxylation sites is 2. The van der Waals surface area contributed by atoms with Crippen LogP contribution in [0.5, 0.6) is 11.5 Å². The molecule has 0 aromatic heterocycles. The molecule has 3 nitrogen and oxygen atoms in total. The minimum atomic E-state index is -3.22. The van der Waals surface area contributed by atoms with Crippen LogP contribution in [0, 0.1) is 0 Å². The molecule has 0 saturated heterocycles. The maximum Gasteiger partial charge on any atom is 0.339 e. The summed E-state index contributed by atoms with van der Waals surface area (Å²) in [6.07, 6.45) is 0. The van der Waals surface area contributed by atoms with Crippen LogP contribution in [-0.4, -0.2) is 10.2 Å². The van der Waals surface area contributed by atoms with Crippen LogP contribution < -0.4 is 0 Å². The van der Waals surface area contributed by atoms with Crippen molar-refractivity contribution in [2.75, 3.05) is 0 Å². The molecule has 0 atom stereocenters. The molecule has 104 valence electrons. The molecule has 0 heterocycles. The average molecular weight is 342 g/mol. The largest absolute Gasteiger partial charge is 0.508 e. The summed E-state index contributed by atoms with van der Waals surface area (Å²) in [5.41, 5.74) is 0. The molecule has 0 fully saturated rings. The first kappa shape index (κ1) is 18.1. The van der Waals surface area contributed by atoms with E-state index >= 15 is 0 Å². The van der Waals surface area contributed by atoms with Crippen LogP contribution in [-0.2, 0) is 4.57 Å². The van der Waals surface area contributed by atoms with Crippen molar-refractivity contribution in [1.82, 2.24) is 0 Å². The fourth-order valence-corrected chi connectivity index (χ4v) is 0.856. The van der Waals surface area contributed by atoms with Gasteiger partial charge in [0.1, 0.15) is 11.5 Å². The Morgan fingerprint density at radius 1 is 0.684 bits per heavy atom. The van der Waals surface area contributed by atoms with E-state index in [2.05, 4.69) is 33.7 Å². The summed E-state index contributed by atoms with van der Waals surface area (Å²) in [5.74, 6) is 0.644. The van der Waals surface area contributed by atoms with Crippen molar-refractivity contribution >= 4 is 38.9 Å². The topological polar surface area (TPSA) is 57.5 Å². The van der Waals surface area contributed by atoms with Crippen LogP contribution in [0.2, 0.25) is 0 Å². The lowest BCUT2D eigenvalue weighted by Crippen LogP contribution is -1.56. The molecule has 2 rings (SSSR count). The number of phenolic OH excluding ortho intramolecular Hbond substituents is 2. The third-order valence-corrected chi connectivity index (χ3v) is 1.51. The van der Waals surface area contributed by atoms with Gasteiger partial charge in [0.15, 0.2) is 0 Å². The lowest BCUT2D eigenvalue weighted by Gasteiger charge is -1.82. The van der Waals surface area contributed by atoms with E-state index in [1.54, 1.807) is 48.5 Å². The molecule has 0 spiro atoms. The van der Waals surface area contributed by atoms with E-state index in [-0.39, 0.29) is 0 Å². The number of benzene rings is 2. The van der Waals surface area contributed by atoms with Gasteiger partial charge >= 0.3 is 5.20 Å². The molecular formula is C12H12Cl3O3P. The fraction of sp³-hybridized carbons (Fsp3) is 0. The van der Waals surface area contributed by atoms with Gasteiger partial charge in [-0.05, 0) is 58.0 Å². The first-order valence-corrected chi connectivity index (χ1v) is 9.38. The Kier molecular flexibility index (Phi) is 9.54. The Hall–Kier alpha value is -0.860. The summed E-state index contributed by atoms with van der Waals surface area (Å²) in [6.45, 7) is 0. The summed E-state index contributed by atoms with van der Waals surface area (Å²) < 4.78 is 9.51. The lowest BCUT2D eigenvalue weighted by molar-refractivity contribution is 0.475. The Morgan fingerprint density at radius 2 is 0.895 bits per heavy atom. The molecule has 0 saturated carbocycles. The highest BCUT2D eigenvalue weighted by molar-refractivity contribution is 8.24. The third kappa shape index (κ3) is 17.1. The molecule has 2 N–H and O–H groups in total. The van der Waals surface area contributed by atoms with Gasteiger partial charge in [-0.25, -0.2) is 0 Å². The maximum absolute atomic E-state index is 9.51. The van der Waals surface area contributed by atoms with E-state index in [9.17, 15) is 4.57 Å². The van der Waals surface area contributed by atoms with Crippen LogP contribution in [0.4, 0.5) is 0 Å². The SMILES string of the molecule is O=P(Cl)(Cl)Cl.Oc1ccccc1.Oc1ccccc1. The number of phenols is 2. The zero-order valence-corrected chi connectivity index (χ0v) is 12.8. The van der Waals surface area contributed by atoms with E-state index in [0.29, 0.717) is 11.5 Å². The van der Waals surface area contributed by atoms with E-state index in [1.165, 1.54) is 0 Å². The minimum Gasteiger partial charge on any atom is -0.508 e. The van der Waals surface area contributed by atoms with Gasteiger partial charge < -0.3 is 10.2 Å². The van der Waals surface area contributed by atoms with Crippen molar-refractivity contribution < 1.29 is 14.8 Å². The molecule has 2 aromatic carbocycles. The van der Waals surface area contributed by atoms with Crippen LogP contribution in [0.25, 0.3) is 0 Å². The van der Waals surface area contributed by atoms with E-state index in [1.807, 2.05) is 12.1 Å². The number of hydrogen-bond acceptors (Lipinski definition) is 3. The van der Waals surface area contributed by atoms with Crippen molar-refractivity contribution in [3.8, 4) is 11.5 Å². The summed E-state index contributed by atoms with van der Waals surface area (Å²) in [4.78, 5) is 0. The minimum absolute atomic E-state index is 0.322. The van der Waals surface area contributed by atoms with Gasteiger partial charge in [0.05, 0.1) is 0 Å². The van der Waals surface area contributed by atoms with Crippen molar-refractivity contribution in [1.29, 1.82) is 0 Å². The summed E-state index contributed by atoms with van der Waals surface area (Å²) in [7, 11) is 0. The van der Waals surface area contributed by atoms with Gasteiger partial charge in [0.25, 0.3) is 0 Å². The van der Waals surface area contributed by atoms with E-state index in [4.69, 9.17) is 10.2 Å². The summed E-state index contributed by atoms with van der Waals surface area (Å²) in [6, 6.07) is 17.4. The zero-order valence-electron chi connectivity index (χ0n) is 9.66. The Balaban J connectivity index is 0.000000261. The summed E-state index contributed by atoms with van der Waals surface area (Å²) in [5, 5.41) is 14.0. The van der Waals surface area contributed by atoms with E-state index in [0.717, 1.165) is 0 Å². The normalized spacial score (nSPS) is 9.42. The monoisotopic (exact) mass is 340 g/mol. The lowest BCUT2D eigenvalue weighted by atomic mass is 10.3. The standard InChI is InChI=1S/2C6H6O.Cl3OP/c2*7-6-4-2-1-3-5-6;1-5(2,3)4/h2*1-5,7H;. The fourth-order valence-electron chi connectivity index (χ4n) is 0.856. The van der Waals surface area contributed by atoms with Gasteiger partial charge in [-0.1, -0.05) is 36.4 Å². The molecule has 2 aromatic rings. The molecular weight excluding hydrogens is 329 g/mol. The highest BCUT2D eigenvalue weighted by Crippen LogP contribution is 2.61. The van der Waals surface area contributed by atoms with Crippen LogP contribution in [0.3, 0.4) is 0 Å². The molecule has 0 radical (unpaired) electrons. The second kappa shape index (κ2) is 9.99. The number of aromatic hydroxyl groups is 2. The molecule has 0 aliphatic carbocycles. The molecule has 0 aliphatic rings. The van der Waals surface area contributed by atoms with Gasteiger partial charge in [0, 0.05) is 0 Å². The van der Waals surface area contributed by atoms with Crippen LogP contribution in [0.1, 0.15) is 0 Å². The Labute approximate surface area is 126 Å². The van der Waals surface area contributed by atoms with Gasteiger partial charge in [-0.2, -0.15) is 0 Å². The van der Waals surface area contributed by atoms with E-state index < -0.39 is 5.20 Å². The molecule has 19 heavy (non-hydrogen) atoms. The highest BCUT2D eigenvalue weighted by Gasteiger charge is 2.02. The van der Waals surface area contributed by atoms with Crippen molar-refractivity contribution in [2.24, 2.45) is 0 Å². The molecule has 0 unspecified atom stereocenters. The first-order valence-electron chi connectivity index (χ1n) is 4.96. The second-order valence-corrected chi connectivity index (χ2v) is 9.71. The molecule has 0 aliphatic heterocycles. The quantitative estimate of drug-likeness (QED) is 0.614.